The van der Waals surface area contributed by atoms with E-state index in [2.05, 4.69) is 11.8 Å². The van der Waals surface area contributed by atoms with Gasteiger partial charge in [-0.2, -0.15) is 0 Å². The Morgan fingerprint density at radius 3 is 2.22 bits per heavy atom. The molecule has 1 aromatic carbocycles. The zero-order valence-corrected chi connectivity index (χ0v) is 11.8. The molecule has 0 amide bonds. The normalized spacial score (nSPS) is 11.5. The van der Waals surface area contributed by atoms with E-state index in [0.717, 1.165) is 25.1 Å². The molecule has 1 N–H and O–H groups in total. The second kappa shape index (κ2) is 6.75. The molecule has 0 atom stereocenters. The van der Waals surface area contributed by atoms with E-state index in [4.69, 9.17) is 5.11 Å². The highest BCUT2D eigenvalue weighted by Gasteiger charge is 2.09. The quantitative estimate of drug-likeness (QED) is 0.820. The van der Waals surface area contributed by atoms with Crippen LogP contribution in [-0.2, 0) is 9.84 Å². The van der Waals surface area contributed by atoms with Gasteiger partial charge in [-0.15, -0.1) is 0 Å². The Labute approximate surface area is 109 Å². The summed E-state index contributed by atoms with van der Waals surface area (Å²) >= 11 is 0. The van der Waals surface area contributed by atoms with E-state index in [1.807, 2.05) is 0 Å². The van der Waals surface area contributed by atoms with Crippen molar-refractivity contribution in [1.82, 2.24) is 0 Å². The molecular formula is C13H21NO3S. The SMILES string of the molecule is CCCCN(CCO)c1ccc(S(C)(=O)=O)cc1. The number of rotatable bonds is 7. The fraction of sp³-hybridized carbons (Fsp3) is 0.538. The predicted octanol–water partition coefficient (Wildman–Crippen LogP) is 1.69. The van der Waals surface area contributed by atoms with E-state index in [0.29, 0.717) is 11.4 Å². The van der Waals surface area contributed by atoms with Crippen LogP contribution in [0.2, 0.25) is 0 Å². The molecule has 0 heterocycles. The number of unbranched alkanes of at least 4 members (excludes halogenated alkanes) is 1. The van der Waals surface area contributed by atoms with Crippen LogP contribution < -0.4 is 4.90 Å². The molecule has 1 rings (SSSR count). The van der Waals surface area contributed by atoms with Crippen molar-refractivity contribution in [2.45, 2.75) is 24.7 Å². The predicted molar refractivity (Wildman–Crippen MR) is 73.8 cm³/mol. The fourth-order valence-electron chi connectivity index (χ4n) is 1.74. The Hall–Kier alpha value is -1.07. The summed E-state index contributed by atoms with van der Waals surface area (Å²) in [5, 5.41) is 9.04. The molecule has 4 nitrogen and oxygen atoms in total. The van der Waals surface area contributed by atoms with Crippen molar-refractivity contribution in [2.75, 3.05) is 30.9 Å². The second-order valence-corrected chi connectivity index (χ2v) is 6.35. The number of anilines is 1. The Morgan fingerprint density at radius 1 is 1.17 bits per heavy atom. The molecule has 0 saturated carbocycles. The molecular weight excluding hydrogens is 250 g/mol. The van der Waals surface area contributed by atoms with Gasteiger partial charge in [-0.3, -0.25) is 0 Å². The lowest BCUT2D eigenvalue weighted by Crippen LogP contribution is -2.27. The first-order valence-electron chi connectivity index (χ1n) is 6.15. The van der Waals surface area contributed by atoms with Crippen LogP contribution in [0.3, 0.4) is 0 Å². The topological polar surface area (TPSA) is 57.6 Å². The summed E-state index contributed by atoms with van der Waals surface area (Å²) in [5.41, 5.74) is 0.949. The Balaban J connectivity index is 2.86. The van der Waals surface area contributed by atoms with Gasteiger partial charge >= 0.3 is 0 Å². The van der Waals surface area contributed by atoms with Crippen LogP contribution in [0.4, 0.5) is 5.69 Å². The lowest BCUT2D eigenvalue weighted by Gasteiger charge is -2.23. The van der Waals surface area contributed by atoms with E-state index >= 15 is 0 Å². The van der Waals surface area contributed by atoms with E-state index in [1.54, 1.807) is 24.3 Å². The summed E-state index contributed by atoms with van der Waals surface area (Å²) < 4.78 is 22.7. The standard InChI is InChI=1S/C13H21NO3S/c1-3-4-9-14(10-11-15)12-5-7-13(8-6-12)18(2,16)17/h5-8,15H,3-4,9-11H2,1-2H3. The number of hydrogen-bond donors (Lipinski definition) is 1. The summed E-state index contributed by atoms with van der Waals surface area (Å²) in [6.45, 7) is 3.65. The molecule has 0 aliphatic rings. The van der Waals surface area contributed by atoms with Crippen LogP contribution in [0, 0.1) is 0 Å². The average Bonchev–Trinajstić information content (AvgIpc) is 2.33. The van der Waals surface area contributed by atoms with Crippen molar-refractivity contribution in [3.63, 3.8) is 0 Å². The average molecular weight is 271 g/mol. The van der Waals surface area contributed by atoms with Gasteiger partial charge in [0.05, 0.1) is 11.5 Å². The zero-order chi connectivity index (χ0) is 13.6. The number of aliphatic hydroxyl groups is 1. The van der Waals surface area contributed by atoms with Gasteiger partial charge in [0.15, 0.2) is 9.84 Å². The number of nitrogens with zero attached hydrogens (tertiary/aromatic N) is 1. The van der Waals surface area contributed by atoms with Crippen LogP contribution in [0.1, 0.15) is 19.8 Å². The highest BCUT2D eigenvalue weighted by molar-refractivity contribution is 7.90. The summed E-state index contributed by atoms with van der Waals surface area (Å²) in [6, 6.07) is 6.81. The van der Waals surface area contributed by atoms with Crippen LogP contribution in [0.15, 0.2) is 29.2 Å². The number of hydrogen-bond acceptors (Lipinski definition) is 4. The highest BCUT2D eigenvalue weighted by Crippen LogP contribution is 2.18. The third-order valence-electron chi connectivity index (χ3n) is 2.78. The molecule has 1 aromatic rings. The summed E-state index contributed by atoms with van der Waals surface area (Å²) in [7, 11) is -3.14. The maximum absolute atomic E-state index is 11.4. The second-order valence-electron chi connectivity index (χ2n) is 4.33. The number of aliphatic hydroxyl groups excluding tert-OH is 1. The molecule has 0 saturated heterocycles. The Morgan fingerprint density at radius 2 is 1.78 bits per heavy atom. The Kier molecular flexibility index (Phi) is 5.62. The number of benzene rings is 1. The number of sulfone groups is 1. The molecule has 0 radical (unpaired) electrons. The third-order valence-corrected chi connectivity index (χ3v) is 3.91. The first-order valence-corrected chi connectivity index (χ1v) is 8.04. The third kappa shape index (κ3) is 4.31. The fourth-order valence-corrected chi connectivity index (χ4v) is 2.37. The first kappa shape index (κ1) is 15.0. The van der Waals surface area contributed by atoms with E-state index in [-0.39, 0.29) is 6.61 Å². The maximum atomic E-state index is 11.4. The van der Waals surface area contributed by atoms with Crippen molar-refractivity contribution in [3.05, 3.63) is 24.3 Å². The molecule has 0 spiro atoms. The van der Waals surface area contributed by atoms with E-state index in [1.165, 1.54) is 6.26 Å². The van der Waals surface area contributed by atoms with Crippen molar-refractivity contribution in [3.8, 4) is 0 Å². The smallest absolute Gasteiger partial charge is 0.175 e. The van der Waals surface area contributed by atoms with Gasteiger partial charge in [-0.05, 0) is 30.7 Å². The maximum Gasteiger partial charge on any atom is 0.175 e. The lowest BCUT2D eigenvalue weighted by atomic mass is 10.2. The summed E-state index contributed by atoms with van der Waals surface area (Å²) in [4.78, 5) is 2.39. The molecule has 18 heavy (non-hydrogen) atoms. The van der Waals surface area contributed by atoms with Gasteiger partial charge < -0.3 is 10.0 Å². The molecule has 5 heteroatoms. The van der Waals surface area contributed by atoms with Crippen LogP contribution in [0.5, 0.6) is 0 Å². The zero-order valence-electron chi connectivity index (χ0n) is 11.0. The monoisotopic (exact) mass is 271 g/mol. The van der Waals surface area contributed by atoms with Crippen molar-refractivity contribution >= 4 is 15.5 Å². The van der Waals surface area contributed by atoms with Crippen molar-refractivity contribution in [2.24, 2.45) is 0 Å². The Bertz CT molecular complexity index is 454. The minimum Gasteiger partial charge on any atom is -0.395 e. The minimum atomic E-state index is -3.14. The van der Waals surface area contributed by atoms with Gasteiger partial charge in [0, 0.05) is 25.0 Å². The van der Waals surface area contributed by atoms with Crippen LogP contribution in [-0.4, -0.2) is 39.5 Å². The van der Waals surface area contributed by atoms with Gasteiger partial charge in [-0.25, -0.2) is 8.42 Å². The molecule has 0 aromatic heterocycles. The van der Waals surface area contributed by atoms with Crippen LogP contribution in [0.25, 0.3) is 0 Å². The molecule has 102 valence electrons. The van der Waals surface area contributed by atoms with Crippen molar-refractivity contribution in [1.29, 1.82) is 0 Å². The summed E-state index contributed by atoms with van der Waals surface area (Å²) in [5.74, 6) is 0. The van der Waals surface area contributed by atoms with Crippen LogP contribution >= 0.6 is 0 Å². The molecule has 0 fully saturated rings. The van der Waals surface area contributed by atoms with Crippen molar-refractivity contribution < 1.29 is 13.5 Å². The highest BCUT2D eigenvalue weighted by atomic mass is 32.2. The summed E-state index contributed by atoms with van der Waals surface area (Å²) in [6.07, 6.45) is 3.34. The van der Waals surface area contributed by atoms with Gasteiger partial charge in [0.2, 0.25) is 0 Å². The van der Waals surface area contributed by atoms with E-state index in [9.17, 15) is 8.42 Å². The molecule has 0 bridgehead atoms. The van der Waals surface area contributed by atoms with Gasteiger partial charge in [-0.1, -0.05) is 13.3 Å². The molecule has 0 aliphatic carbocycles. The van der Waals surface area contributed by atoms with E-state index < -0.39 is 9.84 Å². The lowest BCUT2D eigenvalue weighted by molar-refractivity contribution is 0.301. The largest absolute Gasteiger partial charge is 0.395 e. The minimum absolute atomic E-state index is 0.0948. The van der Waals surface area contributed by atoms with Gasteiger partial charge in [0.1, 0.15) is 0 Å². The van der Waals surface area contributed by atoms with Gasteiger partial charge in [0.25, 0.3) is 0 Å². The first-order chi connectivity index (χ1) is 8.49. The molecule has 0 unspecified atom stereocenters. The molecule has 0 aliphatic heterocycles.